The third kappa shape index (κ3) is 2.40. The number of benzene rings is 1. The minimum absolute atomic E-state index is 0.139. The standard InChI is InChI=1S/C13H12N2O3/c1-18-10-6-4-5-9(12(10)16)13(17)15-11-7-2-3-8-14-11/h2-8,16H,1H3,(H,14,15,17). The number of phenolic OH excluding ortho intramolecular Hbond substituents is 1. The molecule has 2 rings (SSSR count). The van der Waals surface area contributed by atoms with Crippen molar-refractivity contribution in [2.24, 2.45) is 0 Å². The third-order valence-electron chi connectivity index (χ3n) is 2.37. The molecule has 0 fully saturated rings. The lowest BCUT2D eigenvalue weighted by Gasteiger charge is -2.08. The van der Waals surface area contributed by atoms with Crippen molar-refractivity contribution in [2.75, 3.05) is 12.4 Å². The van der Waals surface area contributed by atoms with Crippen molar-refractivity contribution in [3.05, 3.63) is 48.2 Å². The quantitative estimate of drug-likeness (QED) is 0.866. The molecular weight excluding hydrogens is 232 g/mol. The van der Waals surface area contributed by atoms with Gasteiger partial charge in [0, 0.05) is 6.20 Å². The van der Waals surface area contributed by atoms with E-state index in [1.807, 2.05) is 0 Å². The Morgan fingerprint density at radius 1 is 1.28 bits per heavy atom. The number of carbonyl (C=O) groups is 1. The normalized spacial score (nSPS) is 9.83. The summed E-state index contributed by atoms with van der Waals surface area (Å²) in [7, 11) is 1.43. The highest BCUT2D eigenvalue weighted by atomic mass is 16.5. The van der Waals surface area contributed by atoms with Crippen LogP contribution < -0.4 is 10.1 Å². The number of aromatic nitrogens is 1. The van der Waals surface area contributed by atoms with Crippen LogP contribution in [0.5, 0.6) is 11.5 Å². The number of carbonyl (C=O) groups excluding carboxylic acids is 1. The predicted octanol–water partition coefficient (Wildman–Crippen LogP) is 2.05. The maximum atomic E-state index is 11.9. The van der Waals surface area contributed by atoms with E-state index in [4.69, 9.17) is 4.74 Å². The number of rotatable bonds is 3. The van der Waals surface area contributed by atoms with Gasteiger partial charge in [-0.15, -0.1) is 0 Å². The first-order valence-electron chi connectivity index (χ1n) is 5.30. The number of methoxy groups -OCH3 is 1. The van der Waals surface area contributed by atoms with Gasteiger partial charge in [-0.3, -0.25) is 4.79 Å². The van der Waals surface area contributed by atoms with E-state index >= 15 is 0 Å². The minimum Gasteiger partial charge on any atom is -0.504 e. The van der Waals surface area contributed by atoms with Gasteiger partial charge in [0.2, 0.25) is 0 Å². The van der Waals surface area contributed by atoms with Crippen LogP contribution in [0.1, 0.15) is 10.4 Å². The summed E-state index contributed by atoms with van der Waals surface area (Å²) in [6.07, 6.45) is 1.57. The zero-order valence-corrected chi connectivity index (χ0v) is 9.75. The molecule has 0 aliphatic carbocycles. The molecule has 0 bridgehead atoms. The van der Waals surface area contributed by atoms with Gasteiger partial charge in [0.05, 0.1) is 12.7 Å². The van der Waals surface area contributed by atoms with Crippen molar-refractivity contribution < 1.29 is 14.6 Å². The molecule has 2 aromatic rings. The van der Waals surface area contributed by atoms with Gasteiger partial charge in [0.25, 0.3) is 5.91 Å². The number of hydrogen-bond donors (Lipinski definition) is 2. The Morgan fingerprint density at radius 3 is 2.78 bits per heavy atom. The molecule has 0 atom stereocenters. The van der Waals surface area contributed by atoms with Crippen LogP contribution in [-0.4, -0.2) is 23.1 Å². The van der Waals surface area contributed by atoms with Crippen LogP contribution in [0.2, 0.25) is 0 Å². The molecule has 1 aromatic heterocycles. The fourth-order valence-electron chi connectivity index (χ4n) is 1.49. The van der Waals surface area contributed by atoms with Crippen molar-refractivity contribution >= 4 is 11.7 Å². The van der Waals surface area contributed by atoms with Gasteiger partial charge in [-0.2, -0.15) is 0 Å². The smallest absolute Gasteiger partial charge is 0.260 e. The van der Waals surface area contributed by atoms with Crippen LogP contribution >= 0.6 is 0 Å². The lowest BCUT2D eigenvalue weighted by molar-refractivity contribution is 0.102. The van der Waals surface area contributed by atoms with Gasteiger partial charge in [0.15, 0.2) is 11.5 Å². The summed E-state index contributed by atoms with van der Waals surface area (Å²) in [5, 5.41) is 12.4. The average molecular weight is 244 g/mol. The highest BCUT2D eigenvalue weighted by Gasteiger charge is 2.14. The van der Waals surface area contributed by atoms with Gasteiger partial charge in [-0.25, -0.2) is 4.98 Å². The summed E-state index contributed by atoms with van der Waals surface area (Å²) < 4.78 is 4.94. The number of aromatic hydroxyl groups is 1. The van der Waals surface area contributed by atoms with Crippen LogP contribution in [0.15, 0.2) is 42.6 Å². The predicted molar refractivity (Wildman–Crippen MR) is 66.8 cm³/mol. The molecule has 0 saturated carbocycles. The summed E-state index contributed by atoms with van der Waals surface area (Å²) >= 11 is 0. The molecule has 1 amide bonds. The summed E-state index contributed by atoms with van der Waals surface area (Å²) in [5.41, 5.74) is 0.139. The maximum Gasteiger partial charge on any atom is 0.260 e. The topological polar surface area (TPSA) is 71.5 Å². The van der Waals surface area contributed by atoms with Crippen LogP contribution in [0.4, 0.5) is 5.82 Å². The van der Waals surface area contributed by atoms with E-state index in [1.54, 1.807) is 36.5 Å². The second-order valence-corrected chi connectivity index (χ2v) is 3.53. The Morgan fingerprint density at radius 2 is 2.11 bits per heavy atom. The summed E-state index contributed by atoms with van der Waals surface area (Å²) in [6.45, 7) is 0. The highest BCUT2D eigenvalue weighted by Crippen LogP contribution is 2.29. The zero-order valence-electron chi connectivity index (χ0n) is 9.75. The number of ether oxygens (including phenoxy) is 1. The van der Waals surface area contributed by atoms with E-state index in [0.717, 1.165) is 0 Å². The van der Waals surface area contributed by atoms with Crippen LogP contribution in [0, 0.1) is 0 Å². The number of anilines is 1. The molecule has 0 radical (unpaired) electrons. The first kappa shape index (κ1) is 11.9. The third-order valence-corrected chi connectivity index (χ3v) is 2.37. The number of hydrogen-bond acceptors (Lipinski definition) is 4. The molecule has 2 N–H and O–H groups in total. The molecule has 5 heteroatoms. The van der Waals surface area contributed by atoms with Crippen LogP contribution in [0.3, 0.4) is 0 Å². The van der Waals surface area contributed by atoms with E-state index < -0.39 is 5.91 Å². The number of amides is 1. The van der Waals surface area contributed by atoms with Crippen molar-refractivity contribution in [1.82, 2.24) is 4.98 Å². The number of pyridine rings is 1. The van der Waals surface area contributed by atoms with E-state index in [-0.39, 0.29) is 17.1 Å². The van der Waals surface area contributed by atoms with Gasteiger partial charge >= 0.3 is 0 Å². The Hall–Kier alpha value is -2.56. The largest absolute Gasteiger partial charge is 0.504 e. The summed E-state index contributed by atoms with van der Waals surface area (Å²) in [6, 6.07) is 9.89. The Bertz CT molecular complexity index is 555. The van der Waals surface area contributed by atoms with Gasteiger partial charge in [-0.1, -0.05) is 12.1 Å². The lowest BCUT2D eigenvalue weighted by Crippen LogP contribution is -2.13. The van der Waals surface area contributed by atoms with Gasteiger partial charge < -0.3 is 15.2 Å². The Kier molecular flexibility index (Phi) is 3.43. The molecule has 0 saturated heterocycles. The SMILES string of the molecule is COc1cccc(C(=O)Nc2ccccn2)c1O. The lowest BCUT2D eigenvalue weighted by atomic mass is 10.1. The second kappa shape index (κ2) is 5.18. The number of nitrogens with zero attached hydrogens (tertiary/aromatic N) is 1. The molecule has 92 valence electrons. The number of phenols is 1. The second-order valence-electron chi connectivity index (χ2n) is 3.53. The number of nitrogens with one attached hydrogen (secondary N) is 1. The average Bonchev–Trinajstić information content (AvgIpc) is 2.40. The molecule has 1 aromatic carbocycles. The maximum absolute atomic E-state index is 11.9. The molecular formula is C13H12N2O3. The molecule has 0 unspecified atom stereocenters. The van der Waals surface area contributed by atoms with Crippen LogP contribution in [-0.2, 0) is 0 Å². The highest BCUT2D eigenvalue weighted by molar-refractivity contribution is 6.06. The monoisotopic (exact) mass is 244 g/mol. The van der Waals surface area contributed by atoms with E-state index in [2.05, 4.69) is 10.3 Å². The van der Waals surface area contributed by atoms with Crippen molar-refractivity contribution in [3.8, 4) is 11.5 Å². The molecule has 5 nitrogen and oxygen atoms in total. The zero-order chi connectivity index (χ0) is 13.0. The Balaban J connectivity index is 2.24. The fourth-order valence-corrected chi connectivity index (χ4v) is 1.49. The fraction of sp³-hybridized carbons (Fsp3) is 0.0769. The molecule has 18 heavy (non-hydrogen) atoms. The summed E-state index contributed by atoms with van der Waals surface area (Å²) in [4.78, 5) is 15.9. The first-order chi connectivity index (χ1) is 8.72. The van der Waals surface area contributed by atoms with E-state index in [0.29, 0.717) is 5.82 Å². The van der Waals surface area contributed by atoms with Gasteiger partial charge in [0.1, 0.15) is 5.82 Å². The Labute approximate surface area is 104 Å². The molecule has 0 aliphatic rings. The summed E-state index contributed by atoms with van der Waals surface area (Å²) in [5.74, 6) is 0.0481. The molecule has 0 spiro atoms. The van der Waals surface area contributed by atoms with E-state index in [1.165, 1.54) is 13.2 Å². The van der Waals surface area contributed by atoms with Crippen molar-refractivity contribution in [1.29, 1.82) is 0 Å². The van der Waals surface area contributed by atoms with E-state index in [9.17, 15) is 9.90 Å². The number of para-hydroxylation sites is 1. The molecule has 1 heterocycles. The van der Waals surface area contributed by atoms with Crippen LogP contribution in [0.25, 0.3) is 0 Å². The van der Waals surface area contributed by atoms with Crippen molar-refractivity contribution in [2.45, 2.75) is 0 Å². The first-order valence-corrected chi connectivity index (χ1v) is 5.30. The minimum atomic E-state index is -0.440. The van der Waals surface area contributed by atoms with Gasteiger partial charge in [-0.05, 0) is 24.3 Å². The molecule has 0 aliphatic heterocycles. The van der Waals surface area contributed by atoms with Crippen molar-refractivity contribution in [3.63, 3.8) is 0 Å².